The molecule has 12 heavy (non-hydrogen) atoms. The highest BCUT2D eigenvalue weighted by atomic mass is 16.8. The Balaban J connectivity index is 1.83. The first kappa shape index (κ1) is 7.26. The highest BCUT2D eigenvalue weighted by Crippen LogP contribution is 2.49. The minimum atomic E-state index is -0.490. The molecule has 3 fully saturated rings. The van der Waals surface area contributed by atoms with E-state index in [4.69, 9.17) is 15.2 Å². The fourth-order valence-electron chi connectivity index (χ4n) is 2.02. The molecule has 4 heteroatoms. The highest BCUT2D eigenvalue weighted by molar-refractivity contribution is 5.07. The van der Waals surface area contributed by atoms with E-state index in [2.05, 4.69) is 5.32 Å². The van der Waals surface area contributed by atoms with Crippen molar-refractivity contribution in [1.29, 1.82) is 0 Å². The van der Waals surface area contributed by atoms with Crippen molar-refractivity contribution in [2.75, 3.05) is 19.7 Å². The summed E-state index contributed by atoms with van der Waals surface area (Å²) in [6, 6.07) is -0.00234. The molecule has 1 saturated carbocycles. The van der Waals surface area contributed by atoms with Crippen molar-refractivity contribution >= 4 is 0 Å². The van der Waals surface area contributed by atoms with Crippen LogP contribution in [-0.2, 0) is 9.47 Å². The van der Waals surface area contributed by atoms with Gasteiger partial charge >= 0.3 is 0 Å². The van der Waals surface area contributed by atoms with Crippen LogP contribution in [0.1, 0.15) is 12.8 Å². The minimum Gasteiger partial charge on any atom is -0.344 e. The molecule has 0 aromatic rings. The Kier molecular flexibility index (Phi) is 1.22. The molecule has 2 unspecified atom stereocenters. The van der Waals surface area contributed by atoms with Gasteiger partial charge in [0.25, 0.3) is 0 Å². The first-order valence-electron chi connectivity index (χ1n) is 4.55. The van der Waals surface area contributed by atoms with Crippen LogP contribution in [0.25, 0.3) is 0 Å². The molecule has 2 spiro atoms. The second-order valence-electron chi connectivity index (χ2n) is 4.12. The smallest absolute Gasteiger partial charge is 0.198 e. The fourth-order valence-corrected chi connectivity index (χ4v) is 2.02. The predicted molar refractivity (Wildman–Crippen MR) is 42.6 cm³/mol. The Hall–Kier alpha value is -0.160. The molecule has 2 aliphatic heterocycles. The zero-order chi connectivity index (χ0) is 8.23. The van der Waals surface area contributed by atoms with Crippen LogP contribution in [0.4, 0.5) is 0 Å². The van der Waals surface area contributed by atoms with Gasteiger partial charge in [0.05, 0.1) is 24.8 Å². The van der Waals surface area contributed by atoms with Crippen LogP contribution < -0.4 is 11.1 Å². The Bertz CT molecular complexity index is 217. The van der Waals surface area contributed by atoms with Gasteiger partial charge < -0.3 is 20.5 Å². The van der Waals surface area contributed by atoms with E-state index in [-0.39, 0.29) is 11.6 Å². The maximum atomic E-state index is 5.91. The first-order valence-corrected chi connectivity index (χ1v) is 4.55. The van der Waals surface area contributed by atoms with Crippen molar-refractivity contribution in [2.24, 2.45) is 5.73 Å². The van der Waals surface area contributed by atoms with Crippen LogP contribution in [0.2, 0.25) is 0 Å². The monoisotopic (exact) mass is 170 g/mol. The van der Waals surface area contributed by atoms with Gasteiger partial charge in [0.15, 0.2) is 5.79 Å². The number of nitrogens with one attached hydrogen (secondary N) is 1. The van der Waals surface area contributed by atoms with E-state index in [1.165, 1.54) is 0 Å². The van der Waals surface area contributed by atoms with Gasteiger partial charge in [-0.1, -0.05) is 0 Å². The van der Waals surface area contributed by atoms with Crippen LogP contribution in [0, 0.1) is 0 Å². The molecule has 2 saturated heterocycles. The van der Waals surface area contributed by atoms with E-state index in [9.17, 15) is 0 Å². The lowest BCUT2D eigenvalue weighted by Gasteiger charge is -2.25. The molecule has 3 rings (SSSR count). The summed E-state index contributed by atoms with van der Waals surface area (Å²) in [5, 5.41) is 3.20. The molecule has 2 atom stereocenters. The van der Waals surface area contributed by atoms with Crippen molar-refractivity contribution < 1.29 is 9.47 Å². The molecular weight excluding hydrogens is 156 g/mol. The van der Waals surface area contributed by atoms with Crippen molar-refractivity contribution in [2.45, 2.75) is 30.3 Å². The molecule has 0 aromatic heterocycles. The Morgan fingerprint density at radius 2 is 2.25 bits per heavy atom. The largest absolute Gasteiger partial charge is 0.344 e. The lowest BCUT2D eigenvalue weighted by atomic mass is 10.2. The lowest BCUT2D eigenvalue weighted by Crippen LogP contribution is -2.48. The molecule has 0 amide bonds. The maximum absolute atomic E-state index is 5.91. The summed E-state index contributed by atoms with van der Waals surface area (Å²) in [7, 11) is 0. The zero-order valence-corrected chi connectivity index (χ0v) is 7.01. The standard InChI is InChI=1S/C8H14N2O2/c9-6-3-10-4-8(6)11-5-7(12-8)1-2-7/h6,10H,1-5,9H2. The van der Waals surface area contributed by atoms with Gasteiger partial charge in [-0.3, -0.25) is 0 Å². The van der Waals surface area contributed by atoms with E-state index in [1.807, 2.05) is 0 Å². The molecule has 0 bridgehead atoms. The number of ether oxygens (including phenoxy) is 2. The highest BCUT2D eigenvalue weighted by Gasteiger charge is 2.60. The third-order valence-corrected chi connectivity index (χ3v) is 3.08. The molecule has 3 N–H and O–H groups in total. The van der Waals surface area contributed by atoms with Gasteiger partial charge in [0.1, 0.15) is 0 Å². The van der Waals surface area contributed by atoms with Gasteiger partial charge in [-0.15, -0.1) is 0 Å². The maximum Gasteiger partial charge on any atom is 0.198 e. The quantitative estimate of drug-likeness (QED) is 0.499. The van der Waals surface area contributed by atoms with Gasteiger partial charge in [-0.05, 0) is 12.8 Å². The molecule has 0 aromatic carbocycles. The average Bonchev–Trinajstić information content (AvgIpc) is 2.54. The summed E-state index contributed by atoms with van der Waals surface area (Å²) in [5.74, 6) is -0.490. The summed E-state index contributed by atoms with van der Waals surface area (Å²) in [4.78, 5) is 0. The zero-order valence-electron chi connectivity index (χ0n) is 7.01. The number of hydrogen-bond donors (Lipinski definition) is 2. The number of hydrogen-bond acceptors (Lipinski definition) is 4. The van der Waals surface area contributed by atoms with Crippen LogP contribution in [0.3, 0.4) is 0 Å². The van der Waals surface area contributed by atoms with E-state index in [1.54, 1.807) is 0 Å². The molecule has 0 radical (unpaired) electrons. The Morgan fingerprint density at radius 1 is 1.42 bits per heavy atom. The van der Waals surface area contributed by atoms with Crippen molar-refractivity contribution in [3.63, 3.8) is 0 Å². The van der Waals surface area contributed by atoms with Gasteiger partial charge in [0.2, 0.25) is 0 Å². The molecule has 68 valence electrons. The molecule has 4 nitrogen and oxygen atoms in total. The summed E-state index contributed by atoms with van der Waals surface area (Å²) in [6.45, 7) is 2.29. The van der Waals surface area contributed by atoms with Crippen LogP contribution in [0.15, 0.2) is 0 Å². The van der Waals surface area contributed by atoms with Gasteiger partial charge in [-0.25, -0.2) is 0 Å². The predicted octanol–water partition coefficient (Wildman–Crippen LogP) is -0.807. The minimum absolute atomic E-state index is 0.00234. The number of rotatable bonds is 0. The second kappa shape index (κ2) is 2.01. The molecule has 1 aliphatic carbocycles. The topological polar surface area (TPSA) is 56.5 Å². The third kappa shape index (κ3) is 0.808. The van der Waals surface area contributed by atoms with E-state index >= 15 is 0 Å². The summed E-state index contributed by atoms with van der Waals surface area (Å²) >= 11 is 0. The van der Waals surface area contributed by atoms with Gasteiger partial charge in [-0.2, -0.15) is 0 Å². The molecule has 2 heterocycles. The Morgan fingerprint density at radius 3 is 2.75 bits per heavy atom. The van der Waals surface area contributed by atoms with Crippen LogP contribution in [0.5, 0.6) is 0 Å². The number of nitrogens with two attached hydrogens (primary N) is 1. The third-order valence-electron chi connectivity index (χ3n) is 3.08. The molecule has 3 aliphatic rings. The molecular formula is C8H14N2O2. The van der Waals surface area contributed by atoms with E-state index in [0.29, 0.717) is 0 Å². The van der Waals surface area contributed by atoms with Crippen molar-refractivity contribution in [3.8, 4) is 0 Å². The average molecular weight is 170 g/mol. The SMILES string of the molecule is NC1CNCC12OCC1(CC1)O2. The fraction of sp³-hybridized carbons (Fsp3) is 1.00. The van der Waals surface area contributed by atoms with Gasteiger partial charge in [0, 0.05) is 6.54 Å². The van der Waals surface area contributed by atoms with E-state index in [0.717, 1.165) is 32.5 Å². The summed E-state index contributed by atoms with van der Waals surface area (Å²) in [6.07, 6.45) is 2.28. The first-order chi connectivity index (χ1) is 5.75. The van der Waals surface area contributed by atoms with E-state index < -0.39 is 5.79 Å². The summed E-state index contributed by atoms with van der Waals surface area (Å²) in [5.41, 5.74) is 5.97. The Labute approximate surface area is 71.4 Å². The normalized spacial score (nSPS) is 49.2. The van der Waals surface area contributed by atoms with Crippen LogP contribution >= 0.6 is 0 Å². The van der Waals surface area contributed by atoms with Crippen LogP contribution in [-0.4, -0.2) is 37.1 Å². The van der Waals surface area contributed by atoms with Crippen molar-refractivity contribution in [1.82, 2.24) is 5.32 Å². The summed E-state index contributed by atoms with van der Waals surface area (Å²) < 4.78 is 11.6. The van der Waals surface area contributed by atoms with Crippen molar-refractivity contribution in [3.05, 3.63) is 0 Å². The lowest BCUT2D eigenvalue weighted by molar-refractivity contribution is -0.164. The second-order valence-corrected chi connectivity index (χ2v) is 4.12.